The number of hydrogen-bond acceptors (Lipinski definition) is 5. The lowest BCUT2D eigenvalue weighted by molar-refractivity contribution is 0.332. The Kier molecular flexibility index (Phi) is 13.5. The van der Waals surface area contributed by atoms with Gasteiger partial charge in [-0.2, -0.15) is 0 Å². The molecule has 0 amide bonds. The second kappa shape index (κ2) is 20.6. The highest BCUT2D eigenvalue weighted by Gasteiger charge is 2.52. The van der Waals surface area contributed by atoms with Crippen LogP contribution in [0.2, 0.25) is 0 Å². The first kappa shape index (κ1) is 62.0. The van der Waals surface area contributed by atoms with Crippen molar-refractivity contribution in [3.8, 4) is 11.1 Å². The van der Waals surface area contributed by atoms with Crippen molar-refractivity contribution in [1.82, 2.24) is 0 Å². The molecule has 0 bridgehead atoms. The molecule has 3 aliphatic carbocycles. The predicted molar refractivity (Wildman–Crippen MR) is 411 cm³/mol. The summed E-state index contributed by atoms with van der Waals surface area (Å²) in [6, 6.07) is 65.5. The quantitative estimate of drug-likeness (QED) is 0.160. The third-order valence-corrected chi connectivity index (χ3v) is 24.4. The van der Waals surface area contributed by atoms with Crippen LogP contribution in [0.25, 0.3) is 42.3 Å². The molecule has 4 nitrogen and oxygen atoms in total. The van der Waals surface area contributed by atoms with Crippen molar-refractivity contribution in [1.29, 1.82) is 0 Å². The topological polar surface area (TPSA) is 22.9 Å². The summed E-state index contributed by atoms with van der Waals surface area (Å²) in [5.41, 5.74) is 29.9. The van der Waals surface area contributed by atoms with E-state index in [1.54, 1.807) is 0 Å². The van der Waals surface area contributed by atoms with Gasteiger partial charge in [-0.1, -0.05) is 229 Å². The largest absolute Gasteiger partial charge is 0.468 e. The number of anilines is 9. The van der Waals surface area contributed by atoms with Crippen LogP contribution in [0.3, 0.4) is 0 Å². The second-order valence-corrected chi connectivity index (χ2v) is 36.7. The van der Waals surface area contributed by atoms with E-state index in [0.29, 0.717) is 0 Å². The van der Waals surface area contributed by atoms with Gasteiger partial charge in [0, 0.05) is 66.0 Å². The van der Waals surface area contributed by atoms with Crippen LogP contribution in [0.5, 0.6) is 0 Å². The number of furan rings is 1. The molecule has 0 N–H and O–H groups in total. The maximum Gasteiger partial charge on any atom is 0.297 e. The lowest BCUT2D eigenvalue weighted by atomic mass is 9.35. The average Bonchev–Trinajstić information content (AvgIpc) is 1.65. The van der Waals surface area contributed by atoms with E-state index in [1.807, 2.05) is 11.3 Å². The molecule has 6 heteroatoms. The van der Waals surface area contributed by atoms with E-state index in [4.69, 9.17) is 4.42 Å². The van der Waals surface area contributed by atoms with E-state index in [1.165, 1.54) is 139 Å². The van der Waals surface area contributed by atoms with Gasteiger partial charge < -0.3 is 19.1 Å². The smallest absolute Gasteiger partial charge is 0.297 e. The minimum atomic E-state index is -0.261. The van der Waals surface area contributed by atoms with Crippen LogP contribution in [0, 0.1) is 0 Å². The Balaban J connectivity index is 1.05. The molecule has 0 atom stereocenters. The second-order valence-electron chi connectivity index (χ2n) is 35.6. The Labute approximate surface area is 570 Å². The Hall–Kier alpha value is -7.80. The number of benzene rings is 9. The molecule has 0 radical (unpaired) electrons. The van der Waals surface area contributed by atoms with Crippen molar-refractivity contribution < 1.29 is 4.42 Å². The normalized spacial score (nSPS) is 16.9. The van der Waals surface area contributed by atoms with E-state index in [9.17, 15) is 0 Å². The lowest BCUT2D eigenvalue weighted by Gasteiger charge is -2.44. The van der Waals surface area contributed by atoms with Gasteiger partial charge in [0.2, 0.25) is 0 Å². The van der Waals surface area contributed by atoms with Crippen LogP contribution in [-0.4, -0.2) is 6.71 Å². The van der Waals surface area contributed by atoms with Crippen LogP contribution in [0.15, 0.2) is 168 Å². The van der Waals surface area contributed by atoms with Crippen LogP contribution in [0.4, 0.5) is 51.2 Å². The number of hydrogen-bond donors (Lipinski definition) is 0. The standard InChI is InChI=1S/C89H96BN3OS/c1-82(2,3)53-29-34-57(35-30-53)91(58-36-31-54(32-37-58)83(4,5)6)59-38-41-68-71(50-59)92(70-42-40-63(86(13,14)15)77-61-25-20-21-28-75(61)95-80(70)77)72-48-56(85(10,11)12)49-73-78(72)90(68)81-79(62-51-66-67(52-74(62)94-81)88(18,19)46-45-87(66,16)17)93(73)69-27-24-26-64-76(69)60-39-33-55(84(7,8)9)47-65(60)89(64)43-22-23-44-89/h20-21,24-42,47-52H,22-23,43-46H2,1-19H3. The Morgan fingerprint density at radius 2 is 1.02 bits per heavy atom. The molecule has 2 aliphatic heterocycles. The zero-order valence-corrected chi connectivity index (χ0v) is 60.9. The van der Waals surface area contributed by atoms with Gasteiger partial charge in [-0.25, -0.2) is 0 Å². The molecular weight excluding hydrogens is 1170 g/mol. The number of rotatable bonds is 5. The molecule has 0 unspecified atom stereocenters. The zero-order chi connectivity index (χ0) is 66.8. The van der Waals surface area contributed by atoms with Crippen LogP contribution in [-0.2, 0) is 43.3 Å². The molecule has 95 heavy (non-hydrogen) atoms. The van der Waals surface area contributed by atoms with Gasteiger partial charge in [-0.05, 0) is 209 Å². The molecule has 16 rings (SSSR count). The number of fused-ring (bicyclic) bond motifs is 15. The van der Waals surface area contributed by atoms with Crippen molar-refractivity contribution in [2.24, 2.45) is 0 Å². The molecule has 11 aromatic rings. The fraction of sp³-hybridized carbons (Fsp3) is 0.371. The summed E-state index contributed by atoms with van der Waals surface area (Å²) in [7, 11) is 0. The molecule has 5 aliphatic rings. The summed E-state index contributed by atoms with van der Waals surface area (Å²) >= 11 is 1.94. The average molecular weight is 1270 g/mol. The van der Waals surface area contributed by atoms with Gasteiger partial charge >= 0.3 is 0 Å². The molecule has 4 heterocycles. The fourth-order valence-corrected chi connectivity index (χ4v) is 18.8. The third-order valence-electron chi connectivity index (χ3n) is 23.2. The molecule has 2 aromatic heterocycles. The maximum atomic E-state index is 8.04. The molecule has 1 saturated carbocycles. The van der Waals surface area contributed by atoms with E-state index < -0.39 is 0 Å². The molecule has 0 saturated heterocycles. The molecule has 482 valence electrons. The molecular formula is C89H96BN3OS. The highest BCUT2D eigenvalue weighted by Crippen LogP contribution is 2.62. The monoisotopic (exact) mass is 1270 g/mol. The van der Waals surface area contributed by atoms with Crippen molar-refractivity contribution >= 4 is 117 Å². The van der Waals surface area contributed by atoms with E-state index >= 15 is 0 Å². The van der Waals surface area contributed by atoms with E-state index in [0.717, 1.165) is 59.7 Å². The van der Waals surface area contributed by atoms with Gasteiger partial charge in [0.15, 0.2) is 0 Å². The van der Waals surface area contributed by atoms with E-state index in [-0.39, 0.29) is 50.0 Å². The minimum absolute atomic E-state index is 0.00119. The van der Waals surface area contributed by atoms with Crippen LogP contribution >= 0.6 is 11.3 Å². The highest BCUT2D eigenvalue weighted by atomic mass is 32.1. The molecule has 9 aromatic carbocycles. The third kappa shape index (κ3) is 9.46. The van der Waals surface area contributed by atoms with Gasteiger partial charge in [-0.15, -0.1) is 11.3 Å². The molecule has 1 fully saturated rings. The first-order valence-electron chi connectivity index (χ1n) is 35.5. The SMILES string of the molecule is CC(C)(C)c1ccc(N(c2ccc(C(C)(C)C)cc2)c2ccc3c(c2)N(c2ccc(C(C)(C)C)c4c2sc2ccccc24)c2cc(C(C)(C)C)cc4c2B3c2oc3cc5c(cc3c2N4c2cccc3c2-c2ccc(C(C)(C)C)cc2C32CCCC2)C(C)(C)CCC5(C)C)cc1. The van der Waals surface area contributed by atoms with Gasteiger partial charge in [0.05, 0.1) is 27.4 Å². The van der Waals surface area contributed by atoms with Crippen molar-refractivity contribution in [2.45, 2.75) is 213 Å². The summed E-state index contributed by atoms with van der Waals surface area (Å²) in [5.74, 6) is 0. The fourth-order valence-electron chi connectivity index (χ4n) is 17.6. The number of thiophene rings is 1. The van der Waals surface area contributed by atoms with Crippen molar-refractivity contribution in [3.05, 3.63) is 214 Å². The van der Waals surface area contributed by atoms with Crippen LogP contribution in [0.1, 0.15) is 220 Å². The molecule has 1 spiro atoms. The minimum Gasteiger partial charge on any atom is -0.468 e. The van der Waals surface area contributed by atoms with Crippen LogP contribution < -0.4 is 31.3 Å². The van der Waals surface area contributed by atoms with Gasteiger partial charge in [-0.3, -0.25) is 0 Å². The van der Waals surface area contributed by atoms with Crippen molar-refractivity contribution in [2.75, 3.05) is 14.7 Å². The first-order chi connectivity index (χ1) is 44.7. The lowest BCUT2D eigenvalue weighted by Crippen LogP contribution is -2.61. The Morgan fingerprint density at radius 3 is 1.63 bits per heavy atom. The highest BCUT2D eigenvalue weighted by molar-refractivity contribution is 7.26. The van der Waals surface area contributed by atoms with E-state index in [2.05, 4.69) is 310 Å². The summed E-state index contributed by atoms with van der Waals surface area (Å²) in [6.07, 6.45) is 7.03. The van der Waals surface area contributed by atoms with Gasteiger partial charge in [0.25, 0.3) is 6.71 Å². The van der Waals surface area contributed by atoms with Crippen molar-refractivity contribution in [3.63, 3.8) is 0 Å². The zero-order valence-electron chi connectivity index (χ0n) is 60.1. The summed E-state index contributed by atoms with van der Waals surface area (Å²) in [4.78, 5) is 7.98. The summed E-state index contributed by atoms with van der Waals surface area (Å²) in [5, 5.41) is 3.86. The predicted octanol–water partition coefficient (Wildman–Crippen LogP) is 24.0. The number of nitrogens with zero attached hydrogens (tertiary/aromatic N) is 3. The Morgan fingerprint density at radius 1 is 0.442 bits per heavy atom. The Bertz CT molecular complexity index is 4930. The van der Waals surface area contributed by atoms with Gasteiger partial charge in [0.1, 0.15) is 5.58 Å². The summed E-state index contributed by atoms with van der Waals surface area (Å²) in [6.45, 7) is 45.0. The summed E-state index contributed by atoms with van der Waals surface area (Å²) < 4.78 is 10.6. The first-order valence-corrected chi connectivity index (χ1v) is 36.3. The maximum absolute atomic E-state index is 8.04.